The quantitative estimate of drug-likeness (QED) is 0.468. The van der Waals surface area contributed by atoms with Crippen LogP contribution in [0, 0.1) is 0 Å². The normalized spacial score (nSPS) is 11.9. The van der Waals surface area contributed by atoms with E-state index in [4.69, 9.17) is 11.6 Å². The first-order valence-electron chi connectivity index (χ1n) is 6.66. The molecule has 0 unspecified atom stereocenters. The van der Waals surface area contributed by atoms with E-state index in [9.17, 15) is 0 Å². The fourth-order valence-corrected chi connectivity index (χ4v) is 1.78. The molecule has 0 aliphatic rings. The second kappa shape index (κ2) is 8.15. The first kappa shape index (κ1) is 15.0. The Morgan fingerprint density at radius 3 is 2.50 bits per heavy atom. The van der Waals surface area contributed by atoms with Crippen molar-refractivity contribution in [3.63, 3.8) is 0 Å². The largest absolute Gasteiger partial charge is 0.371 e. The van der Waals surface area contributed by atoms with Crippen molar-refractivity contribution in [2.24, 2.45) is 4.99 Å². The average Bonchev–Trinajstić information content (AvgIpc) is 2.31. The van der Waals surface area contributed by atoms with Crippen molar-refractivity contribution in [1.29, 1.82) is 0 Å². The van der Waals surface area contributed by atoms with Crippen LogP contribution in [-0.2, 0) is 6.42 Å². The fraction of sp³-hybridized carbons (Fsp3) is 0.533. The Bertz CT molecular complexity index is 369. The van der Waals surface area contributed by atoms with Crippen molar-refractivity contribution in [2.45, 2.75) is 46.1 Å². The van der Waals surface area contributed by atoms with E-state index in [1.54, 1.807) is 0 Å². The summed E-state index contributed by atoms with van der Waals surface area (Å²) in [5, 5.41) is 4.20. The number of nitrogens with zero attached hydrogens (tertiary/aromatic N) is 1. The fourth-order valence-electron chi connectivity index (χ4n) is 1.65. The monoisotopic (exact) mass is 266 g/mol. The minimum atomic E-state index is 0.415. The van der Waals surface area contributed by atoms with Gasteiger partial charge >= 0.3 is 0 Å². The molecule has 1 N–H and O–H groups in total. The summed E-state index contributed by atoms with van der Waals surface area (Å²) in [7, 11) is 0. The van der Waals surface area contributed by atoms with Crippen molar-refractivity contribution >= 4 is 17.4 Å². The third-order valence-corrected chi connectivity index (χ3v) is 2.81. The van der Waals surface area contributed by atoms with E-state index in [-0.39, 0.29) is 0 Å². The summed E-state index contributed by atoms with van der Waals surface area (Å²) >= 11 is 5.89. The van der Waals surface area contributed by atoms with Gasteiger partial charge in [0.25, 0.3) is 0 Å². The molecule has 0 saturated carbocycles. The van der Waals surface area contributed by atoms with E-state index in [1.807, 2.05) is 12.1 Å². The summed E-state index contributed by atoms with van der Waals surface area (Å²) in [5.74, 6) is 1.07. The van der Waals surface area contributed by atoms with Crippen LogP contribution in [0.15, 0.2) is 29.3 Å². The van der Waals surface area contributed by atoms with Crippen molar-refractivity contribution < 1.29 is 0 Å². The number of hydrogen-bond acceptors (Lipinski definition) is 1. The first-order valence-corrected chi connectivity index (χ1v) is 7.04. The summed E-state index contributed by atoms with van der Waals surface area (Å²) in [6.45, 7) is 7.36. The van der Waals surface area contributed by atoms with Gasteiger partial charge in [0, 0.05) is 24.0 Å². The minimum absolute atomic E-state index is 0.415. The molecule has 0 bridgehead atoms. The highest BCUT2D eigenvalue weighted by atomic mass is 35.5. The van der Waals surface area contributed by atoms with E-state index < -0.39 is 0 Å². The summed E-state index contributed by atoms with van der Waals surface area (Å²) in [5.41, 5.74) is 1.24. The average molecular weight is 267 g/mol. The van der Waals surface area contributed by atoms with Gasteiger partial charge in [0.2, 0.25) is 0 Å². The molecule has 3 heteroatoms. The number of unbranched alkanes of at least 4 members (excludes halogenated alkanes) is 1. The lowest BCUT2D eigenvalue weighted by atomic mass is 10.1. The molecule has 0 radical (unpaired) electrons. The highest BCUT2D eigenvalue weighted by molar-refractivity contribution is 6.30. The molecule has 2 nitrogen and oxygen atoms in total. The topological polar surface area (TPSA) is 24.4 Å². The van der Waals surface area contributed by atoms with Crippen molar-refractivity contribution in [1.82, 2.24) is 5.32 Å². The third kappa shape index (κ3) is 6.06. The maximum Gasteiger partial charge on any atom is 0.101 e. The molecule has 0 amide bonds. The standard InChI is InChI=1S/C15H23ClN2/c1-4-5-10-17-15(18-12(2)3)11-13-6-8-14(16)9-7-13/h6-9,12H,4-5,10-11H2,1-3H3,(H,17,18). The molecule has 0 saturated heterocycles. The summed E-state index contributed by atoms with van der Waals surface area (Å²) < 4.78 is 0. The zero-order valence-electron chi connectivity index (χ0n) is 11.5. The number of nitrogens with one attached hydrogen (secondary N) is 1. The molecule has 1 rings (SSSR count). The predicted octanol–water partition coefficient (Wildman–Crippen LogP) is 4.08. The van der Waals surface area contributed by atoms with Gasteiger partial charge in [-0.15, -0.1) is 0 Å². The van der Waals surface area contributed by atoms with Crippen molar-refractivity contribution in [3.05, 3.63) is 34.9 Å². The number of benzene rings is 1. The molecule has 0 spiro atoms. The maximum atomic E-state index is 5.89. The van der Waals surface area contributed by atoms with Crippen molar-refractivity contribution in [3.8, 4) is 0 Å². The van der Waals surface area contributed by atoms with Gasteiger partial charge in [-0.3, -0.25) is 4.99 Å². The molecular formula is C15H23ClN2. The molecular weight excluding hydrogens is 244 g/mol. The molecule has 0 fully saturated rings. The van der Waals surface area contributed by atoms with Crippen molar-refractivity contribution in [2.75, 3.05) is 6.54 Å². The lowest BCUT2D eigenvalue weighted by Crippen LogP contribution is -2.32. The second-order valence-electron chi connectivity index (χ2n) is 4.78. The molecule has 0 atom stereocenters. The van der Waals surface area contributed by atoms with E-state index in [1.165, 1.54) is 12.0 Å². The van der Waals surface area contributed by atoms with Gasteiger partial charge in [0.05, 0.1) is 0 Å². The molecule has 100 valence electrons. The Morgan fingerprint density at radius 1 is 1.28 bits per heavy atom. The van der Waals surface area contributed by atoms with Crippen LogP contribution in [0.25, 0.3) is 0 Å². The van der Waals surface area contributed by atoms with E-state index in [0.717, 1.165) is 30.2 Å². The Morgan fingerprint density at radius 2 is 1.94 bits per heavy atom. The maximum absolute atomic E-state index is 5.89. The Balaban J connectivity index is 2.65. The van der Waals surface area contributed by atoms with Crippen LogP contribution in [0.4, 0.5) is 0 Å². The minimum Gasteiger partial charge on any atom is -0.371 e. The predicted molar refractivity (Wildman–Crippen MR) is 80.6 cm³/mol. The third-order valence-electron chi connectivity index (χ3n) is 2.55. The lowest BCUT2D eigenvalue weighted by molar-refractivity contribution is 0.714. The molecule has 1 aromatic rings. The summed E-state index contributed by atoms with van der Waals surface area (Å²) in [4.78, 5) is 4.64. The molecule has 0 heterocycles. The summed E-state index contributed by atoms with van der Waals surface area (Å²) in [6.07, 6.45) is 3.17. The zero-order chi connectivity index (χ0) is 13.4. The molecule has 18 heavy (non-hydrogen) atoms. The van der Waals surface area contributed by atoms with Gasteiger partial charge in [-0.1, -0.05) is 37.1 Å². The second-order valence-corrected chi connectivity index (χ2v) is 5.22. The van der Waals surface area contributed by atoms with Crippen LogP contribution in [0.2, 0.25) is 5.02 Å². The van der Waals surface area contributed by atoms with Crippen LogP contribution in [0.1, 0.15) is 39.2 Å². The highest BCUT2D eigenvalue weighted by Gasteiger charge is 2.03. The number of aliphatic imine (C=N–C) groups is 1. The van der Waals surface area contributed by atoms with E-state index >= 15 is 0 Å². The van der Waals surface area contributed by atoms with Gasteiger partial charge in [-0.25, -0.2) is 0 Å². The SMILES string of the molecule is CCCCN=C(Cc1ccc(Cl)cc1)NC(C)C. The molecule has 0 aromatic heterocycles. The zero-order valence-corrected chi connectivity index (χ0v) is 12.3. The number of hydrogen-bond donors (Lipinski definition) is 1. The number of rotatable bonds is 6. The smallest absolute Gasteiger partial charge is 0.101 e. The van der Waals surface area contributed by atoms with Gasteiger partial charge in [-0.05, 0) is 38.0 Å². The van der Waals surface area contributed by atoms with Crippen LogP contribution in [0.5, 0.6) is 0 Å². The van der Waals surface area contributed by atoms with Gasteiger partial charge < -0.3 is 5.32 Å². The highest BCUT2D eigenvalue weighted by Crippen LogP contribution is 2.10. The Kier molecular flexibility index (Phi) is 6.81. The van der Waals surface area contributed by atoms with Gasteiger partial charge in [-0.2, -0.15) is 0 Å². The van der Waals surface area contributed by atoms with E-state index in [0.29, 0.717) is 6.04 Å². The number of halogens is 1. The van der Waals surface area contributed by atoms with Crippen LogP contribution in [0.3, 0.4) is 0 Å². The van der Waals surface area contributed by atoms with Gasteiger partial charge in [0.15, 0.2) is 0 Å². The Labute approximate surface area is 115 Å². The van der Waals surface area contributed by atoms with Crippen LogP contribution >= 0.6 is 11.6 Å². The van der Waals surface area contributed by atoms with Gasteiger partial charge in [0.1, 0.15) is 5.84 Å². The first-order chi connectivity index (χ1) is 8.61. The number of amidine groups is 1. The summed E-state index contributed by atoms with van der Waals surface area (Å²) in [6, 6.07) is 8.38. The van der Waals surface area contributed by atoms with E-state index in [2.05, 4.69) is 43.2 Å². The molecule has 1 aromatic carbocycles. The van der Waals surface area contributed by atoms with Crippen LogP contribution in [-0.4, -0.2) is 18.4 Å². The molecule has 0 aliphatic heterocycles. The Hall–Kier alpha value is -1.02. The lowest BCUT2D eigenvalue weighted by Gasteiger charge is -2.13. The van der Waals surface area contributed by atoms with Crippen LogP contribution < -0.4 is 5.32 Å². The molecule has 0 aliphatic carbocycles.